The maximum atomic E-state index is 6.04. The van der Waals surface area contributed by atoms with Crippen LogP contribution in [0.15, 0.2) is 76.5 Å². The van der Waals surface area contributed by atoms with Crippen molar-refractivity contribution in [2.45, 2.75) is 20.0 Å². The molecule has 2 aromatic carbocycles. The molecule has 0 amide bonds. The molecule has 0 atom stereocenters. The van der Waals surface area contributed by atoms with Gasteiger partial charge in [-0.1, -0.05) is 54.1 Å². The average Bonchev–Trinajstić information content (AvgIpc) is 3.35. The van der Waals surface area contributed by atoms with Crippen LogP contribution in [0.25, 0.3) is 22.6 Å². The molecule has 0 unspecified atom stereocenters. The highest BCUT2D eigenvalue weighted by Crippen LogP contribution is 2.34. The highest BCUT2D eigenvalue weighted by molar-refractivity contribution is 9.10. The highest BCUT2D eigenvalue weighted by atomic mass is 79.9. The minimum absolute atomic E-state index is 0.664. The number of rotatable bonds is 8. The van der Waals surface area contributed by atoms with Gasteiger partial charge in [0.2, 0.25) is 0 Å². The molecule has 0 aliphatic carbocycles. The Balaban J connectivity index is 1.28. The summed E-state index contributed by atoms with van der Waals surface area (Å²) in [5.74, 6) is 0.814. The van der Waals surface area contributed by atoms with Crippen LogP contribution in [-0.2, 0) is 13.1 Å². The fraction of sp³-hybridized carbons (Fsp3) is 0.250. The molecular formula is C28H29BrClN7. The van der Waals surface area contributed by atoms with Gasteiger partial charge in [0.15, 0.2) is 5.65 Å². The summed E-state index contributed by atoms with van der Waals surface area (Å²) < 4.78 is 0.962. The number of pyridine rings is 1. The Hall–Kier alpha value is -3.20. The van der Waals surface area contributed by atoms with E-state index in [2.05, 4.69) is 82.6 Å². The van der Waals surface area contributed by atoms with Gasteiger partial charge >= 0.3 is 0 Å². The summed E-state index contributed by atoms with van der Waals surface area (Å²) in [6.07, 6.45) is 7.43. The van der Waals surface area contributed by atoms with Crippen LogP contribution in [0.4, 0.5) is 5.69 Å². The third kappa shape index (κ3) is 6.21. The Labute approximate surface area is 230 Å². The lowest BCUT2D eigenvalue weighted by Gasteiger charge is -2.36. The monoisotopic (exact) mass is 577 g/mol. The number of anilines is 1. The molecule has 4 aromatic rings. The quantitative estimate of drug-likeness (QED) is 0.198. The van der Waals surface area contributed by atoms with Crippen molar-refractivity contribution >= 4 is 50.6 Å². The summed E-state index contributed by atoms with van der Waals surface area (Å²) in [6, 6.07) is 16.5. The number of nitrogens with zero attached hydrogens (tertiary/aromatic N) is 5. The van der Waals surface area contributed by atoms with E-state index < -0.39 is 0 Å². The van der Waals surface area contributed by atoms with E-state index in [-0.39, 0.29) is 0 Å². The van der Waals surface area contributed by atoms with E-state index in [0.29, 0.717) is 6.54 Å². The molecule has 0 radical (unpaired) electrons. The predicted molar refractivity (Wildman–Crippen MR) is 156 cm³/mol. The fourth-order valence-electron chi connectivity index (χ4n) is 4.43. The molecule has 190 valence electrons. The minimum atomic E-state index is 0.664. The van der Waals surface area contributed by atoms with Crippen molar-refractivity contribution in [3.8, 4) is 11.4 Å². The Morgan fingerprint density at radius 3 is 2.51 bits per heavy atom. The van der Waals surface area contributed by atoms with Crippen molar-refractivity contribution in [1.82, 2.24) is 25.3 Å². The molecule has 37 heavy (non-hydrogen) atoms. The lowest BCUT2D eigenvalue weighted by atomic mass is 10.1. The normalized spacial score (nSPS) is 14.8. The van der Waals surface area contributed by atoms with E-state index in [1.165, 1.54) is 5.56 Å². The number of aromatic nitrogens is 3. The van der Waals surface area contributed by atoms with Crippen LogP contribution in [0, 0.1) is 0 Å². The van der Waals surface area contributed by atoms with Crippen LogP contribution < -0.4 is 10.3 Å². The van der Waals surface area contributed by atoms with Gasteiger partial charge in [0, 0.05) is 55.7 Å². The lowest BCUT2D eigenvalue weighted by Crippen LogP contribution is -2.46. The second kappa shape index (κ2) is 11.9. The molecule has 2 aromatic heterocycles. The molecule has 3 heterocycles. The number of hydrazone groups is 1. The minimum Gasteiger partial charge on any atom is -0.366 e. The molecular weight excluding hydrogens is 550 g/mol. The zero-order chi connectivity index (χ0) is 25.6. The highest BCUT2D eigenvalue weighted by Gasteiger charge is 2.23. The maximum Gasteiger partial charge on any atom is 0.159 e. The third-order valence-corrected chi connectivity index (χ3v) is 7.24. The summed E-state index contributed by atoms with van der Waals surface area (Å²) in [4.78, 5) is 17.9. The lowest BCUT2D eigenvalue weighted by molar-refractivity contribution is 0.250. The number of H-pyrrole nitrogens is 1. The summed E-state index contributed by atoms with van der Waals surface area (Å²) in [7, 11) is 0. The van der Waals surface area contributed by atoms with Crippen LogP contribution >= 0.6 is 27.5 Å². The van der Waals surface area contributed by atoms with Crippen molar-refractivity contribution < 1.29 is 0 Å². The number of nitrogens with one attached hydrogen (secondary N) is 2. The van der Waals surface area contributed by atoms with Gasteiger partial charge in [-0.2, -0.15) is 5.10 Å². The number of fused-ring (bicyclic) bond motifs is 1. The van der Waals surface area contributed by atoms with Gasteiger partial charge in [-0.15, -0.1) is 0 Å². The number of halogens is 2. The van der Waals surface area contributed by atoms with E-state index in [1.54, 1.807) is 6.21 Å². The van der Waals surface area contributed by atoms with E-state index in [9.17, 15) is 0 Å². The standard InChI is InChI=1S/C28H29BrClN7/c1-2-3-12-32-33-17-20-4-8-22(9-5-20)27-34-25-26(24(29)18-31-28(25)35-27)37-15-13-36(14-16-37)19-21-6-10-23(30)11-7-21/h2-12,18,33H,13-17,19H2,1H3,(H,31,34,35)/b3-2-,32-12-. The van der Waals surface area contributed by atoms with Gasteiger partial charge < -0.3 is 15.3 Å². The van der Waals surface area contributed by atoms with Crippen molar-refractivity contribution in [2.24, 2.45) is 5.10 Å². The molecule has 1 aliphatic heterocycles. The van der Waals surface area contributed by atoms with Crippen LogP contribution in [0.5, 0.6) is 0 Å². The summed E-state index contributed by atoms with van der Waals surface area (Å²) in [5.41, 5.74) is 9.28. The maximum absolute atomic E-state index is 6.04. The van der Waals surface area contributed by atoms with E-state index in [0.717, 1.165) is 76.0 Å². The number of benzene rings is 2. The Morgan fingerprint density at radius 1 is 1.05 bits per heavy atom. The first-order chi connectivity index (χ1) is 18.1. The van der Waals surface area contributed by atoms with E-state index in [4.69, 9.17) is 16.6 Å². The molecule has 1 aliphatic rings. The first-order valence-corrected chi connectivity index (χ1v) is 13.5. The SMILES string of the molecule is C/C=C\C=N/NCc1ccc(-c2nc3c(N4CCN(Cc5ccc(Cl)cc5)CC4)c(Br)cnc3[nH]2)cc1. The molecule has 9 heteroatoms. The second-order valence-electron chi connectivity index (χ2n) is 8.96. The van der Waals surface area contributed by atoms with Crippen molar-refractivity contribution in [3.63, 3.8) is 0 Å². The number of imidazole rings is 1. The smallest absolute Gasteiger partial charge is 0.159 e. The number of aromatic amines is 1. The second-order valence-corrected chi connectivity index (χ2v) is 10.3. The van der Waals surface area contributed by atoms with Crippen molar-refractivity contribution in [1.29, 1.82) is 0 Å². The molecule has 1 fully saturated rings. The zero-order valence-corrected chi connectivity index (χ0v) is 23.0. The molecule has 0 spiro atoms. The number of hydrogen-bond donors (Lipinski definition) is 2. The Bertz CT molecular complexity index is 1390. The first-order valence-electron chi connectivity index (χ1n) is 12.3. The van der Waals surface area contributed by atoms with E-state index in [1.807, 2.05) is 37.4 Å². The fourth-order valence-corrected chi connectivity index (χ4v) is 5.10. The van der Waals surface area contributed by atoms with Crippen molar-refractivity contribution in [2.75, 3.05) is 31.1 Å². The molecule has 1 saturated heterocycles. The molecule has 2 N–H and O–H groups in total. The molecule has 0 bridgehead atoms. The molecule has 7 nitrogen and oxygen atoms in total. The third-order valence-electron chi connectivity index (χ3n) is 6.41. The summed E-state index contributed by atoms with van der Waals surface area (Å²) in [6.45, 7) is 7.35. The van der Waals surface area contributed by atoms with E-state index >= 15 is 0 Å². The number of allylic oxidation sites excluding steroid dienone is 2. The topological polar surface area (TPSA) is 72.4 Å². The van der Waals surface area contributed by atoms with Gasteiger partial charge in [-0.25, -0.2) is 9.97 Å². The number of piperazine rings is 1. The summed E-state index contributed by atoms with van der Waals surface area (Å²) >= 11 is 9.77. The number of hydrogen-bond acceptors (Lipinski definition) is 6. The van der Waals surface area contributed by atoms with Crippen LogP contribution in [0.3, 0.4) is 0 Å². The molecule has 5 rings (SSSR count). The van der Waals surface area contributed by atoms with Crippen LogP contribution in [-0.4, -0.2) is 52.2 Å². The average molecular weight is 579 g/mol. The van der Waals surface area contributed by atoms with Crippen LogP contribution in [0.2, 0.25) is 5.02 Å². The largest absolute Gasteiger partial charge is 0.366 e. The predicted octanol–water partition coefficient (Wildman–Crippen LogP) is 6.01. The Morgan fingerprint density at radius 2 is 1.78 bits per heavy atom. The van der Waals surface area contributed by atoms with Gasteiger partial charge in [-0.3, -0.25) is 4.90 Å². The van der Waals surface area contributed by atoms with Gasteiger partial charge in [0.05, 0.1) is 16.7 Å². The van der Waals surface area contributed by atoms with Gasteiger partial charge in [-0.05, 0) is 52.2 Å². The molecule has 0 saturated carbocycles. The first kappa shape index (κ1) is 25.4. The van der Waals surface area contributed by atoms with Crippen LogP contribution in [0.1, 0.15) is 18.1 Å². The zero-order valence-electron chi connectivity index (χ0n) is 20.7. The Kier molecular flexibility index (Phi) is 8.18. The summed E-state index contributed by atoms with van der Waals surface area (Å²) in [5, 5.41) is 4.93. The van der Waals surface area contributed by atoms with Gasteiger partial charge in [0.1, 0.15) is 11.3 Å². The van der Waals surface area contributed by atoms with Gasteiger partial charge in [0.25, 0.3) is 0 Å². The van der Waals surface area contributed by atoms with Crippen molar-refractivity contribution in [3.05, 3.63) is 87.5 Å².